The van der Waals surface area contributed by atoms with Gasteiger partial charge in [-0.05, 0) is 25.7 Å². The van der Waals surface area contributed by atoms with Gasteiger partial charge >= 0.3 is 0 Å². The molecule has 1 aliphatic heterocycles. The Morgan fingerprint density at radius 1 is 1.18 bits per heavy atom. The van der Waals surface area contributed by atoms with Gasteiger partial charge in [-0.15, -0.1) is 0 Å². The SMILES string of the molecule is O=C(NCC1(O)CCCC1)C1CC(=O)N(C2CCCCC2)C1. The van der Waals surface area contributed by atoms with E-state index in [0.29, 0.717) is 25.6 Å². The minimum absolute atomic E-state index is 0.0630. The lowest BCUT2D eigenvalue weighted by atomic mass is 9.94. The maximum Gasteiger partial charge on any atom is 0.225 e. The van der Waals surface area contributed by atoms with E-state index < -0.39 is 5.60 Å². The second-order valence-corrected chi connectivity index (χ2v) is 7.39. The van der Waals surface area contributed by atoms with Gasteiger partial charge in [-0.3, -0.25) is 9.59 Å². The molecule has 1 heterocycles. The summed E-state index contributed by atoms with van der Waals surface area (Å²) in [6.07, 6.45) is 9.75. The number of nitrogens with zero attached hydrogens (tertiary/aromatic N) is 1. The van der Waals surface area contributed by atoms with Gasteiger partial charge in [-0.1, -0.05) is 32.1 Å². The number of aliphatic hydroxyl groups is 1. The molecular weight excluding hydrogens is 280 g/mol. The van der Waals surface area contributed by atoms with E-state index in [1.54, 1.807) is 0 Å². The van der Waals surface area contributed by atoms with E-state index >= 15 is 0 Å². The highest BCUT2D eigenvalue weighted by Crippen LogP contribution is 2.30. The average Bonchev–Trinajstić information content (AvgIpc) is 3.13. The van der Waals surface area contributed by atoms with Crippen LogP contribution < -0.4 is 5.32 Å². The summed E-state index contributed by atoms with van der Waals surface area (Å²) in [6.45, 7) is 0.897. The summed E-state index contributed by atoms with van der Waals surface area (Å²) in [5.74, 6) is -0.168. The number of likely N-dealkylation sites (tertiary alicyclic amines) is 1. The normalized spacial score (nSPS) is 29.0. The second-order valence-electron chi connectivity index (χ2n) is 7.39. The molecule has 1 unspecified atom stereocenters. The third kappa shape index (κ3) is 3.45. The first-order valence-corrected chi connectivity index (χ1v) is 8.87. The molecule has 2 N–H and O–H groups in total. The van der Waals surface area contributed by atoms with Crippen LogP contribution in [0.3, 0.4) is 0 Å². The number of hydrogen-bond donors (Lipinski definition) is 2. The highest BCUT2D eigenvalue weighted by molar-refractivity contribution is 5.89. The van der Waals surface area contributed by atoms with Crippen LogP contribution in [0.5, 0.6) is 0 Å². The van der Waals surface area contributed by atoms with Crippen molar-refractivity contribution < 1.29 is 14.7 Å². The number of carbonyl (C=O) groups is 2. The van der Waals surface area contributed by atoms with Gasteiger partial charge in [0.2, 0.25) is 11.8 Å². The molecule has 2 aliphatic carbocycles. The van der Waals surface area contributed by atoms with Gasteiger partial charge in [-0.25, -0.2) is 0 Å². The van der Waals surface area contributed by atoms with Crippen LogP contribution in [-0.4, -0.2) is 46.6 Å². The Morgan fingerprint density at radius 2 is 1.86 bits per heavy atom. The van der Waals surface area contributed by atoms with E-state index in [1.807, 2.05) is 4.90 Å². The summed E-state index contributed by atoms with van der Waals surface area (Å²) in [5, 5.41) is 13.2. The molecule has 0 bridgehead atoms. The van der Waals surface area contributed by atoms with E-state index in [4.69, 9.17) is 0 Å². The molecule has 0 radical (unpaired) electrons. The van der Waals surface area contributed by atoms with Crippen molar-refractivity contribution in [3.8, 4) is 0 Å². The molecule has 0 spiro atoms. The number of rotatable bonds is 4. The number of nitrogens with one attached hydrogen (secondary N) is 1. The van der Waals surface area contributed by atoms with Crippen LogP contribution in [0.4, 0.5) is 0 Å². The quantitative estimate of drug-likeness (QED) is 0.828. The predicted octanol–water partition coefficient (Wildman–Crippen LogP) is 1.59. The molecule has 1 atom stereocenters. The van der Waals surface area contributed by atoms with Crippen LogP contribution in [0, 0.1) is 5.92 Å². The van der Waals surface area contributed by atoms with Crippen molar-refractivity contribution >= 4 is 11.8 Å². The van der Waals surface area contributed by atoms with Gasteiger partial charge in [0.15, 0.2) is 0 Å². The lowest BCUT2D eigenvalue weighted by Gasteiger charge is -2.31. The zero-order valence-electron chi connectivity index (χ0n) is 13.4. The van der Waals surface area contributed by atoms with Gasteiger partial charge in [0.05, 0.1) is 11.5 Å². The Morgan fingerprint density at radius 3 is 2.55 bits per heavy atom. The van der Waals surface area contributed by atoms with Crippen molar-refractivity contribution in [1.29, 1.82) is 0 Å². The fourth-order valence-electron chi connectivity index (χ4n) is 4.26. The van der Waals surface area contributed by atoms with E-state index in [2.05, 4.69) is 5.32 Å². The molecule has 22 heavy (non-hydrogen) atoms. The van der Waals surface area contributed by atoms with Crippen molar-refractivity contribution in [3.05, 3.63) is 0 Å². The molecular formula is C17H28N2O3. The second kappa shape index (κ2) is 6.57. The molecule has 5 heteroatoms. The first-order valence-electron chi connectivity index (χ1n) is 8.87. The predicted molar refractivity (Wildman–Crippen MR) is 83.1 cm³/mol. The smallest absolute Gasteiger partial charge is 0.225 e. The van der Waals surface area contributed by atoms with Crippen molar-refractivity contribution in [2.24, 2.45) is 5.92 Å². The Kier molecular flexibility index (Phi) is 4.71. The summed E-state index contributed by atoms with van der Waals surface area (Å²) < 4.78 is 0. The van der Waals surface area contributed by atoms with Crippen LogP contribution in [0.1, 0.15) is 64.2 Å². The number of carbonyl (C=O) groups excluding carboxylic acids is 2. The average molecular weight is 308 g/mol. The van der Waals surface area contributed by atoms with Crippen molar-refractivity contribution in [2.75, 3.05) is 13.1 Å². The summed E-state index contributed by atoms with van der Waals surface area (Å²) >= 11 is 0. The fraction of sp³-hybridized carbons (Fsp3) is 0.882. The van der Waals surface area contributed by atoms with Crippen molar-refractivity contribution in [3.63, 3.8) is 0 Å². The first kappa shape index (κ1) is 15.8. The third-order valence-corrected chi connectivity index (χ3v) is 5.67. The minimum Gasteiger partial charge on any atom is -0.388 e. The zero-order valence-corrected chi connectivity index (χ0v) is 13.4. The van der Waals surface area contributed by atoms with E-state index in [1.165, 1.54) is 19.3 Å². The standard InChI is InChI=1S/C17H28N2O3/c20-15-10-13(11-19(15)14-6-2-1-3-7-14)16(21)18-12-17(22)8-4-5-9-17/h13-14,22H,1-12H2,(H,18,21). The lowest BCUT2D eigenvalue weighted by Crippen LogP contribution is -2.44. The molecule has 3 rings (SSSR count). The van der Waals surface area contributed by atoms with Crippen molar-refractivity contribution in [1.82, 2.24) is 10.2 Å². The highest BCUT2D eigenvalue weighted by atomic mass is 16.3. The van der Waals surface area contributed by atoms with Crippen LogP contribution in [-0.2, 0) is 9.59 Å². The number of hydrogen-bond acceptors (Lipinski definition) is 3. The van der Waals surface area contributed by atoms with Crippen LogP contribution in [0.15, 0.2) is 0 Å². The monoisotopic (exact) mass is 308 g/mol. The lowest BCUT2D eigenvalue weighted by molar-refractivity contribution is -0.130. The summed E-state index contributed by atoms with van der Waals surface area (Å²) in [5.41, 5.74) is -0.721. The summed E-state index contributed by atoms with van der Waals surface area (Å²) in [4.78, 5) is 26.5. The van der Waals surface area contributed by atoms with E-state index in [-0.39, 0.29) is 17.7 Å². The number of amides is 2. The molecule has 3 aliphatic rings. The van der Waals surface area contributed by atoms with Gasteiger partial charge in [0, 0.05) is 25.6 Å². The molecule has 0 aromatic carbocycles. The minimum atomic E-state index is -0.721. The third-order valence-electron chi connectivity index (χ3n) is 5.67. The Hall–Kier alpha value is -1.10. The van der Waals surface area contributed by atoms with Gasteiger partial charge < -0.3 is 15.3 Å². The molecule has 2 saturated carbocycles. The molecule has 3 fully saturated rings. The molecule has 124 valence electrons. The summed E-state index contributed by atoms with van der Waals surface area (Å²) in [6, 6.07) is 0.345. The zero-order chi connectivity index (χ0) is 15.6. The first-order chi connectivity index (χ1) is 10.6. The van der Waals surface area contributed by atoms with Crippen molar-refractivity contribution in [2.45, 2.75) is 75.9 Å². The molecule has 2 amide bonds. The maximum atomic E-state index is 12.3. The Bertz CT molecular complexity index is 426. The molecule has 0 aromatic rings. The maximum absolute atomic E-state index is 12.3. The van der Waals surface area contributed by atoms with Crippen LogP contribution >= 0.6 is 0 Å². The Labute approximate surface area is 132 Å². The molecule has 0 aromatic heterocycles. The van der Waals surface area contributed by atoms with E-state index in [9.17, 15) is 14.7 Å². The Balaban J connectivity index is 1.50. The van der Waals surface area contributed by atoms with Gasteiger partial charge in [0.25, 0.3) is 0 Å². The summed E-state index contributed by atoms with van der Waals surface area (Å²) in [7, 11) is 0. The molecule has 5 nitrogen and oxygen atoms in total. The molecule has 1 saturated heterocycles. The highest BCUT2D eigenvalue weighted by Gasteiger charge is 2.39. The van der Waals surface area contributed by atoms with Gasteiger partial charge in [0.1, 0.15) is 0 Å². The fourth-order valence-corrected chi connectivity index (χ4v) is 4.26. The van der Waals surface area contributed by atoms with Crippen LogP contribution in [0.25, 0.3) is 0 Å². The van der Waals surface area contributed by atoms with Gasteiger partial charge in [-0.2, -0.15) is 0 Å². The topological polar surface area (TPSA) is 69.6 Å². The van der Waals surface area contributed by atoms with Crippen LogP contribution in [0.2, 0.25) is 0 Å². The largest absolute Gasteiger partial charge is 0.388 e. The van der Waals surface area contributed by atoms with E-state index in [0.717, 1.165) is 38.5 Å².